The van der Waals surface area contributed by atoms with Crippen LogP contribution in [-0.2, 0) is 0 Å². The Morgan fingerprint density at radius 2 is 1.83 bits per heavy atom. The summed E-state index contributed by atoms with van der Waals surface area (Å²) in [6, 6.07) is 3.34. The maximum Gasteiger partial charge on any atom is 0.317 e. The van der Waals surface area contributed by atoms with Crippen molar-refractivity contribution in [3.8, 4) is 0 Å². The summed E-state index contributed by atoms with van der Waals surface area (Å²) in [4.78, 5) is 27.6. The standard InChI is InChI=1S/C16H25N3O3.ClH/c1-2-3-4-5-8-17-16(21)19-11-9-18(10-12-19)15(20)14-7-6-13-22-14;/h6-7,13H,2-5,8-12H2,1H3,(H,17,21);1H. The Kier molecular flexibility index (Phi) is 8.55. The number of carbonyl (C=O) groups excluding carboxylic acids is 2. The molecular formula is C16H26ClN3O3. The Morgan fingerprint density at radius 1 is 1.13 bits per heavy atom. The molecule has 0 atom stereocenters. The molecule has 0 saturated carbocycles. The maximum atomic E-state index is 12.1. The third-order valence-corrected chi connectivity index (χ3v) is 3.89. The predicted octanol–water partition coefficient (Wildman–Crippen LogP) is 2.75. The van der Waals surface area contributed by atoms with Gasteiger partial charge in [0.15, 0.2) is 5.76 Å². The number of unbranched alkanes of at least 4 members (excludes halogenated alkanes) is 3. The molecule has 23 heavy (non-hydrogen) atoms. The van der Waals surface area contributed by atoms with E-state index in [1.807, 2.05) is 0 Å². The van der Waals surface area contributed by atoms with Gasteiger partial charge in [-0.15, -0.1) is 12.4 Å². The summed E-state index contributed by atoms with van der Waals surface area (Å²) < 4.78 is 5.12. The van der Waals surface area contributed by atoms with Crippen LogP contribution < -0.4 is 5.32 Å². The number of halogens is 1. The summed E-state index contributed by atoms with van der Waals surface area (Å²) >= 11 is 0. The quantitative estimate of drug-likeness (QED) is 0.808. The van der Waals surface area contributed by atoms with Gasteiger partial charge >= 0.3 is 6.03 Å². The van der Waals surface area contributed by atoms with E-state index >= 15 is 0 Å². The zero-order chi connectivity index (χ0) is 15.8. The number of rotatable bonds is 6. The van der Waals surface area contributed by atoms with Gasteiger partial charge in [-0.2, -0.15) is 0 Å². The summed E-state index contributed by atoms with van der Waals surface area (Å²) in [5.74, 6) is 0.249. The van der Waals surface area contributed by atoms with E-state index in [0.717, 1.165) is 19.4 Å². The minimum Gasteiger partial charge on any atom is -0.459 e. The van der Waals surface area contributed by atoms with Crippen LogP contribution in [0.3, 0.4) is 0 Å². The van der Waals surface area contributed by atoms with Crippen molar-refractivity contribution in [1.29, 1.82) is 0 Å². The lowest BCUT2D eigenvalue weighted by Crippen LogP contribution is -2.53. The fourth-order valence-electron chi connectivity index (χ4n) is 2.53. The van der Waals surface area contributed by atoms with E-state index in [9.17, 15) is 9.59 Å². The number of hydrogen-bond acceptors (Lipinski definition) is 3. The molecule has 130 valence electrons. The van der Waals surface area contributed by atoms with E-state index in [1.54, 1.807) is 21.9 Å². The minimum absolute atomic E-state index is 0. The molecule has 0 aromatic carbocycles. The van der Waals surface area contributed by atoms with Crippen molar-refractivity contribution >= 4 is 24.3 Å². The summed E-state index contributed by atoms with van der Waals surface area (Å²) in [7, 11) is 0. The number of urea groups is 1. The molecule has 1 fully saturated rings. The number of carbonyl (C=O) groups is 2. The van der Waals surface area contributed by atoms with Crippen LogP contribution in [-0.4, -0.2) is 54.5 Å². The molecule has 1 aliphatic rings. The van der Waals surface area contributed by atoms with E-state index in [-0.39, 0.29) is 24.3 Å². The second kappa shape index (κ2) is 10.2. The van der Waals surface area contributed by atoms with Crippen LogP contribution in [0.2, 0.25) is 0 Å². The molecule has 1 saturated heterocycles. The molecule has 3 amide bonds. The highest BCUT2D eigenvalue weighted by atomic mass is 35.5. The highest BCUT2D eigenvalue weighted by molar-refractivity contribution is 5.91. The molecular weight excluding hydrogens is 318 g/mol. The predicted molar refractivity (Wildman–Crippen MR) is 91.0 cm³/mol. The van der Waals surface area contributed by atoms with Crippen LogP contribution in [0.25, 0.3) is 0 Å². The largest absolute Gasteiger partial charge is 0.459 e. The van der Waals surface area contributed by atoms with Crippen LogP contribution in [0.5, 0.6) is 0 Å². The van der Waals surface area contributed by atoms with Crippen molar-refractivity contribution in [3.63, 3.8) is 0 Å². The average Bonchev–Trinajstić information content (AvgIpc) is 3.08. The second-order valence-corrected chi connectivity index (χ2v) is 5.55. The summed E-state index contributed by atoms with van der Waals surface area (Å²) in [6.07, 6.45) is 6.08. The lowest BCUT2D eigenvalue weighted by molar-refractivity contribution is 0.0634. The van der Waals surface area contributed by atoms with Crippen molar-refractivity contribution in [1.82, 2.24) is 15.1 Å². The first-order chi connectivity index (χ1) is 10.7. The van der Waals surface area contributed by atoms with Gasteiger partial charge in [-0.05, 0) is 18.6 Å². The number of furan rings is 1. The Morgan fingerprint density at radius 3 is 2.43 bits per heavy atom. The number of hydrogen-bond donors (Lipinski definition) is 1. The fraction of sp³-hybridized carbons (Fsp3) is 0.625. The summed E-state index contributed by atoms with van der Waals surface area (Å²) in [6.45, 7) is 5.11. The Labute approximate surface area is 143 Å². The molecule has 2 heterocycles. The SMILES string of the molecule is CCCCCCNC(=O)N1CCN(C(=O)c2ccco2)CC1.Cl. The lowest BCUT2D eigenvalue weighted by Gasteiger charge is -2.34. The van der Waals surface area contributed by atoms with E-state index in [1.165, 1.54) is 19.1 Å². The molecule has 0 unspecified atom stereocenters. The van der Waals surface area contributed by atoms with E-state index in [4.69, 9.17) is 4.42 Å². The number of nitrogens with zero attached hydrogens (tertiary/aromatic N) is 2. The molecule has 1 aromatic heterocycles. The molecule has 7 heteroatoms. The molecule has 1 aromatic rings. The molecule has 0 aliphatic carbocycles. The molecule has 6 nitrogen and oxygen atoms in total. The monoisotopic (exact) mass is 343 g/mol. The first-order valence-electron chi connectivity index (χ1n) is 8.08. The van der Waals surface area contributed by atoms with E-state index < -0.39 is 0 Å². The average molecular weight is 344 g/mol. The minimum atomic E-state index is -0.107. The lowest BCUT2D eigenvalue weighted by atomic mass is 10.2. The molecule has 1 aliphatic heterocycles. The van der Waals surface area contributed by atoms with Gasteiger partial charge in [0.1, 0.15) is 0 Å². The van der Waals surface area contributed by atoms with Gasteiger partial charge in [0.05, 0.1) is 6.26 Å². The highest BCUT2D eigenvalue weighted by Gasteiger charge is 2.25. The number of piperazine rings is 1. The van der Waals surface area contributed by atoms with Gasteiger partial charge in [-0.3, -0.25) is 4.79 Å². The van der Waals surface area contributed by atoms with Crippen LogP contribution in [0, 0.1) is 0 Å². The molecule has 1 N–H and O–H groups in total. The van der Waals surface area contributed by atoms with Crippen molar-refractivity contribution in [3.05, 3.63) is 24.2 Å². The zero-order valence-corrected chi connectivity index (χ0v) is 14.4. The highest BCUT2D eigenvalue weighted by Crippen LogP contribution is 2.09. The summed E-state index contributed by atoms with van der Waals surface area (Å²) in [5.41, 5.74) is 0. The normalized spacial score (nSPS) is 14.3. The number of nitrogens with one attached hydrogen (secondary N) is 1. The van der Waals surface area contributed by atoms with Crippen LogP contribution in [0.1, 0.15) is 43.2 Å². The third kappa shape index (κ3) is 5.78. The Hall–Kier alpha value is -1.69. The molecule has 0 radical (unpaired) electrons. The van der Waals surface area contributed by atoms with Crippen LogP contribution in [0.15, 0.2) is 22.8 Å². The van der Waals surface area contributed by atoms with Gasteiger partial charge < -0.3 is 19.5 Å². The Bertz CT molecular complexity index is 471. The molecule has 2 rings (SSSR count). The Balaban J connectivity index is 0.00000264. The second-order valence-electron chi connectivity index (χ2n) is 5.55. The zero-order valence-electron chi connectivity index (χ0n) is 13.6. The van der Waals surface area contributed by atoms with Gasteiger partial charge in [0.2, 0.25) is 0 Å². The molecule has 0 bridgehead atoms. The van der Waals surface area contributed by atoms with Crippen molar-refractivity contribution in [2.75, 3.05) is 32.7 Å². The third-order valence-electron chi connectivity index (χ3n) is 3.89. The van der Waals surface area contributed by atoms with Crippen LogP contribution >= 0.6 is 12.4 Å². The van der Waals surface area contributed by atoms with Crippen molar-refractivity contribution in [2.24, 2.45) is 0 Å². The first-order valence-corrected chi connectivity index (χ1v) is 8.08. The van der Waals surface area contributed by atoms with Gasteiger partial charge in [0, 0.05) is 32.7 Å². The van der Waals surface area contributed by atoms with Gasteiger partial charge in [0.25, 0.3) is 5.91 Å². The van der Waals surface area contributed by atoms with Crippen molar-refractivity contribution < 1.29 is 14.0 Å². The smallest absolute Gasteiger partial charge is 0.317 e. The van der Waals surface area contributed by atoms with E-state index in [0.29, 0.717) is 31.9 Å². The molecule has 0 spiro atoms. The number of amides is 3. The maximum absolute atomic E-state index is 12.1. The van der Waals surface area contributed by atoms with Gasteiger partial charge in [-0.25, -0.2) is 4.79 Å². The topological polar surface area (TPSA) is 65.8 Å². The van der Waals surface area contributed by atoms with Gasteiger partial charge in [-0.1, -0.05) is 26.2 Å². The van der Waals surface area contributed by atoms with Crippen molar-refractivity contribution in [2.45, 2.75) is 32.6 Å². The fourth-order valence-corrected chi connectivity index (χ4v) is 2.53. The van der Waals surface area contributed by atoms with E-state index in [2.05, 4.69) is 12.2 Å². The summed E-state index contributed by atoms with van der Waals surface area (Å²) in [5, 5.41) is 2.95. The first kappa shape index (κ1) is 19.4. The van der Waals surface area contributed by atoms with Crippen LogP contribution in [0.4, 0.5) is 4.79 Å².